The van der Waals surface area contributed by atoms with Gasteiger partial charge in [-0.15, -0.1) is 11.3 Å². The number of nitrogens with one attached hydrogen (secondary N) is 1. The van der Waals surface area contributed by atoms with E-state index in [0.29, 0.717) is 27.8 Å². The molecule has 0 aliphatic rings. The Morgan fingerprint density at radius 2 is 2.12 bits per heavy atom. The van der Waals surface area contributed by atoms with Crippen LogP contribution in [-0.4, -0.2) is 27.7 Å². The summed E-state index contributed by atoms with van der Waals surface area (Å²) in [5, 5.41) is 13.9. The Hall–Kier alpha value is -2.67. The molecule has 1 aromatic carbocycles. The first-order valence-electron chi connectivity index (χ1n) is 7.49. The molecule has 0 aliphatic heterocycles. The van der Waals surface area contributed by atoms with Crippen molar-refractivity contribution in [1.82, 2.24) is 9.97 Å². The minimum Gasteiger partial charge on any atom is -0.506 e. The average molecular weight is 343 g/mol. The van der Waals surface area contributed by atoms with Crippen molar-refractivity contribution in [2.75, 3.05) is 11.9 Å². The molecule has 7 heteroatoms. The first-order valence-corrected chi connectivity index (χ1v) is 8.30. The summed E-state index contributed by atoms with van der Waals surface area (Å²) in [5.41, 5.74) is 2.33. The predicted molar refractivity (Wildman–Crippen MR) is 94.2 cm³/mol. The fourth-order valence-corrected chi connectivity index (χ4v) is 3.48. The van der Waals surface area contributed by atoms with Crippen molar-refractivity contribution in [2.24, 2.45) is 0 Å². The van der Waals surface area contributed by atoms with E-state index in [4.69, 9.17) is 4.74 Å². The van der Waals surface area contributed by atoms with Crippen molar-refractivity contribution >= 4 is 39.0 Å². The van der Waals surface area contributed by atoms with E-state index < -0.39 is 0 Å². The maximum absolute atomic E-state index is 12.1. The monoisotopic (exact) mass is 343 g/mol. The van der Waals surface area contributed by atoms with Crippen molar-refractivity contribution in [3.63, 3.8) is 0 Å². The summed E-state index contributed by atoms with van der Waals surface area (Å²) < 4.78 is 5.09. The highest BCUT2D eigenvalue weighted by atomic mass is 32.1. The Kier molecular flexibility index (Phi) is 4.35. The van der Waals surface area contributed by atoms with Gasteiger partial charge >= 0.3 is 5.97 Å². The third kappa shape index (κ3) is 2.90. The van der Waals surface area contributed by atoms with Crippen molar-refractivity contribution in [3.8, 4) is 5.75 Å². The van der Waals surface area contributed by atoms with Crippen LogP contribution < -0.4 is 5.32 Å². The maximum Gasteiger partial charge on any atom is 0.348 e. The number of carbonyl (C=O) groups is 1. The zero-order valence-electron chi connectivity index (χ0n) is 13.6. The highest BCUT2D eigenvalue weighted by Crippen LogP contribution is 2.36. The van der Waals surface area contributed by atoms with Gasteiger partial charge in [-0.3, -0.25) is 0 Å². The number of ether oxygens (including phenoxy) is 1. The third-order valence-electron chi connectivity index (χ3n) is 3.59. The normalized spacial score (nSPS) is 10.8. The molecule has 24 heavy (non-hydrogen) atoms. The molecule has 0 atom stereocenters. The number of phenolic OH excluding ortho intramolecular Hbond substituents is 1. The van der Waals surface area contributed by atoms with Crippen LogP contribution in [0.3, 0.4) is 0 Å². The van der Waals surface area contributed by atoms with Gasteiger partial charge < -0.3 is 15.2 Å². The van der Waals surface area contributed by atoms with Gasteiger partial charge in [0.1, 0.15) is 27.6 Å². The second-order valence-electron chi connectivity index (χ2n) is 5.32. The Bertz CT molecular complexity index is 921. The van der Waals surface area contributed by atoms with Crippen LogP contribution in [0.5, 0.6) is 5.75 Å². The molecule has 6 nitrogen and oxygen atoms in total. The van der Waals surface area contributed by atoms with Crippen LogP contribution in [0.2, 0.25) is 0 Å². The summed E-state index contributed by atoms with van der Waals surface area (Å²) in [7, 11) is 0. The van der Waals surface area contributed by atoms with Gasteiger partial charge in [-0.1, -0.05) is 6.07 Å². The lowest BCUT2D eigenvalue weighted by atomic mass is 10.2. The molecule has 0 bridgehead atoms. The Morgan fingerprint density at radius 1 is 1.33 bits per heavy atom. The highest BCUT2D eigenvalue weighted by Gasteiger charge is 2.20. The number of esters is 1. The lowest BCUT2D eigenvalue weighted by Crippen LogP contribution is -2.03. The van der Waals surface area contributed by atoms with Crippen LogP contribution in [0.1, 0.15) is 27.7 Å². The molecule has 0 saturated carbocycles. The largest absolute Gasteiger partial charge is 0.506 e. The van der Waals surface area contributed by atoms with E-state index in [1.165, 1.54) is 17.7 Å². The molecule has 2 aromatic heterocycles. The van der Waals surface area contributed by atoms with E-state index in [2.05, 4.69) is 15.3 Å². The average Bonchev–Trinajstić information content (AvgIpc) is 2.89. The fourth-order valence-electron chi connectivity index (χ4n) is 2.44. The molecular weight excluding hydrogens is 326 g/mol. The molecule has 2 N–H and O–H groups in total. The van der Waals surface area contributed by atoms with E-state index in [-0.39, 0.29) is 11.7 Å². The zero-order valence-corrected chi connectivity index (χ0v) is 14.4. The Balaban J connectivity index is 2.09. The van der Waals surface area contributed by atoms with Gasteiger partial charge in [0.25, 0.3) is 0 Å². The number of carbonyl (C=O) groups excluding carboxylic acids is 1. The van der Waals surface area contributed by atoms with Gasteiger partial charge in [0.05, 0.1) is 17.7 Å². The van der Waals surface area contributed by atoms with E-state index in [0.717, 1.165) is 16.5 Å². The van der Waals surface area contributed by atoms with Crippen LogP contribution >= 0.6 is 11.3 Å². The molecule has 0 amide bonds. The lowest BCUT2D eigenvalue weighted by molar-refractivity contribution is 0.0531. The minimum absolute atomic E-state index is 0.130. The van der Waals surface area contributed by atoms with Crippen molar-refractivity contribution in [1.29, 1.82) is 0 Å². The van der Waals surface area contributed by atoms with Gasteiger partial charge in [-0.2, -0.15) is 0 Å². The van der Waals surface area contributed by atoms with E-state index in [1.54, 1.807) is 13.0 Å². The van der Waals surface area contributed by atoms with Crippen LogP contribution in [0.25, 0.3) is 10.2 Å². The van der Waals surface area contributed by atoms with Crippen LogP contribution in [0, 0.1) is 13.8 Å². The summed E-state index contributed by atoms with van der Waals surface area (Å²) in [6, 6.07) is 5.28. The maximum atomic E-state index is 12.1. The summed E-state index contributed by atoms with van der Waals surface area (Å²) in [6.07, 6.45) is 1.43. The second kappa shape index (κ2) is 6.45. The molecule has 2 heterocycles. The SMILES string of the molecule is CCOC(=O)c1sc2ncnc(Nc3cc(C)ccc3O)c2c1C. The molecule has 3 aromatic rings. The zero-order chi connectivity index (χ0) is 17.3. The number of benzene rings is 1. The number of phenols is 1. The number of anilines is 2. The van der Waals surface area contributed by atoms with Crippen molar-refractivity contribution < 1.29 is 14.6 Å². The van der Waals surface area contributed by atoms with E-state index >= 15 is 0 Å². The summed E-state index contributed by atoms with van der Waals surface area (Å²) in [4.78, 5) is 21.8. The number of hydrogen-bond donors (Lipinski definition) is 2. The van der Waals surface area contributed by atoms with Crippen molar-refractivity contribution in [3.05, 3.63) is 40.5 Å². The number of thiophene rings is 1. The summed E-state index contributed by atoms with van der Waals surface area (Å²) >= 11 is 1.28. The quantitative estimate of drug-likeness (QED) is 0.551. The number of hydrogen-bond acceptors (Lipinski definition) is 7. The van der Waals surface area contributed by atoms with E-state index in [9.17, 15) is 9.90 Å². The molecule has 0 saturated heterocycles. The third-order valence-corrected chi connectivity index (χ3v) is 4.77. The van der Waals surface area contributed by atoms with Gasteiger partial charge in [0.2, 0.25) is 0 Å². The van der Waals surface area contributed by atoms with Crippen LogP contribution in [0.15, 0.2) is 24.5 Å². The Labute approximate surface area is 143 Å². The number of nitrogens with zero attached hydrogens (tertiary/aromatic N) is 2. The van der Waals surface area contributed by atoms with Crippen LogP contribution in [0.4, 0.5) is 11.5 Å². The highest BCUT2D eigenvalue weighted by molar-refractivity contribution is 7.20. The minimum atomic E-state index is -0.359. The first kappa shape index (κ1) is 16.2. The number of aromatic nitrogens is 2. The molecule has 0 fully saturated rings. The second-order valence-corrected chi connectivity index (χ2v) is 6.32. The van der Waals surface area contributed by atoms with Crippen LogP contribution in [-0.2, 0) is 4.74 Å². The summed E-state index contributed by atoms with van der Waals surface area (Å²) in [6.45, 7) is 5.87. The summed E-state index contributed by atoms with van der Waals surface area (Å²) in [5.74, 6) is 0.318. The van der Waals surface area contributed by atoms with E-state index in [1.807, 2.05) is 26.0 Å². The molecular formula is C17H17N3O3S. The molecule has 0 aliphatic carbocycles. The Morgan fingerprint density at radius 3 is 2.88 bits per heavy atom. The fraction of sp³-hybridized carbons (Fsp3) is 0.235. The van der Waals surface area contributed by atoms with Gasteiger partial charge in [-0.05, 0) is 44.0 Å². The first-order chi connectivity index (χ1) is 11.5. The number of aromatic hydroxyl groups is 1. The molecule has 0 radical (unpaired) electrons. The topological polar surface area (TPSA) is 84.3 Å². The predicted octanol–water partition coefficient (Wildman–Crippen LogP) is 3.93. The number of rotatable bonds is 4. The number of fused-ring (bicyclic) bond motifs is 1. The standard InChI is InChI=1S/C17H17N3O3S/c1-4-23-17(22)14-10(3)13-15(18-8-19-16(13)24-14)20-11-7-9(2)5-6-12(11)21/h5-8,21H,4H2,1-3H3,(H,18,19,20). The van der Waals surface area contributed by atoms with Gasteiger partial charge in [0, 0.05) is 0 Å². The molecule has 0 unspecified atom stereocenters. The molecule has 0 spiro atoms. The van der Waals surface area contributed by atoms with Crippen molar-refractivity contribution in [2.45, 2.75) is 20.8 Å². The lowest BCUT2D eigenvalue weighted by Gasteiger charge is -2.10. The smallest absolute Gasteiger partial charge is 0.348 e. The van der Waals surface area contributed by atoms with Gasteiger partial charge in [0.15, 0.2) is 0 Å². The van der Waals surface area contributed by atoms with Gasteiger partial charge in [-0.25, -0.2) is 14.8 Å². The molecule has 3 rings (SSSR count). The molecule has 124 valence electrons. The number of aryl methyl sites for hydroxylation is 2.